The van der Waals surface area contributed by atoms with E-state index in [0.717, 1.165) is 10.4 Å². The maximum absolute atomic E-state index is 15.8. The molecule has 5 heteroatoms. The molecule has 166 valence electrons. The van der Waals surface area contributed by atoms with Gasteiger partial charge in [0.15, 0.2) is 5.79 Å². The van der Waals surface area contributed by atoms with E-state index in [1.807, 2.05) is 57.2 Å². The first-order valence-electron chi connectivity index (χ1n) is 11.1. The summed E-state index contributed by atoms with van der Waals surface area (Å²) in [6, 6.07) is 20.6. The third-order valence-corrected chi connectivity index (χ3v) is 11.4. The molecule has 3 nitrogen and oxygen atoms in total. The second kappa shape index (κ2) is 7.96. The lowest BCUT2D eigenvalue weighted by atomic mass is 10.1. The molecule has 0 amide bonds. The van der Waals surface area contributed by atoms with Gasteiger partial charge in [0, 0.05) is 0 Å². The molecule has 1 aliphatic heterocycles. The largest absolute Gasteiger partial charge is 0.395 e. The van der Waals surface area contributed by atoms with Crippen LogP contribution in [0.5, 0.6) is 0 Å². The number of hydrogen-bond acceptors (Lipinski definition) is 3. The van der Waals surface area contributed by atoms with Crippen molar-refractivity contribution >= 4 is 18.7 Å². The quantitative estimate of drug-likeness (QED) is 0.606. The van der Waals surface area contributed by atoms with Crippen LogP contribution < -0.4 is 10.4 Å². The van der Waals surface area contributed by atoms with Gasteiger partial charge in [0.2, 0.25) is 0 Å². The molecular formula is C26H33FO3Si. The van der Waals surface area contributed by atoms with Gasteiger partial charge in [-0.25, -0.2) is 4.39 Å². The highest BCUT2D eigenvalue weighted by Gasteiger charge is 2.59. The van der Waals surface area contributed by atoms with Gasteiger partial charge in [-0.05, 0) is 41.3 Å². The summed E-state index contributed by atoms with van der Waals surface area (Å²) in [5.41, 5.74) is 0.665. The predicted molar refractivity (Wildman–Crippen MR) is 125 cm³/mol. The van der Waals surface area contributed by atoms with E-state index in [1.54, 1.807) is 0 Å². The maximum Gasteiger partial charge on any atom is 0.262 e. The Kier molecular flexibility index (Phi) is 5.75. The van der Waals surface area contributed by atoms with E-state index < -0.39 is 32.4 Å². The Morgan fingerprint density at radius 1 is 0.935 bits per heavy atom. The van der Waals surface area contributed by atoms with Gasteiger partial charge in [-0.15, -0.1) is 0 Å². The monoisotopic (exact) mass is 440 g/mol. The van der Waals surface area contributed by atoms with Crippen molar-refractivity contribution in [3.8, 4) is 0 Å². The molecule has 0 unspecified atom stereocenters. The summed E-state index contributed by atoms with van der Waals surface area (Å²) in [4.78, 5) is 0. The van der Waals surface area contributed by atoms with Gasteiger partial charge in [-0.3, -0.25) is 0 Å². The van der Waals surface area contributed by atoms with Crippen LogP contribution in [0.25, 0.3) is 0 Å². The molecule has 1 heterocycles. The molecule has 2 aromatic rings. The number of fused-ring (bicyclic) bond motifs is 1. The Labute approximate surface area is 186 Å². The highest BCUT2D eigenvalue weighted by molar-refractivity contribution is 6.99. The van der Waals surface area contributed by atoms with Gasteiger partial charge in [0.05, 0.1) is 0 Å². The maximum atomic E-state index is 15.8. The Morgan fingerprint density at radius 2 is 1.45 bits per heavy atom. The second-order valence-electron chi connectivity index (χ2n) is 9.95. The third kappa shape index (κ3) is 3.72. The fraction of sp³-hybridized carbons (Fsp3) is 0.462. The lowest BCUT2D eigenvalue weighted by Crippen LogP contribution is -2.68. The molecule has 0 spiro atoms. The SMILES string of the molecule is CCC1=C(F)[C@H](O[Si](c2ccccc2)(c2ccccc2)C(C)(C)C)[C@H]2OC(C)(C)O[C@@H]12. The molecule has 3 atom stereocenters. The normalized spacial score (nSPS) is 25.7. The summed E-state index contributed by atoms with van der Waals surface area (Å²) >= 11 is 0. The van der Waals surface area contributed by atoms with Crippen LogP contribution in [-0.4, -0.2) is 32.4 Å². The zero-order valence-electron chi connectivity index (χ0n) is 19.3. The summed E-state index contributed by atoms with van der Waals surface area (Å²) in [7, 11) is -2.91. The number of benzene rings is 2. The number of halogens is 1. The average molecular weight is 441 g/mol. The average Bonchev–Trinajstić information content (AvgIpc) is 3.15. The number of rotatable bonds is 5. The Bertz CT molecular complexity index is 910. The lowest BCUT2D eigenvalue weighted by Gasteiger charge is -2.45. The molecule has 0 saturated carbocycles. The number of hydrogen-bond donors (Lipinski definition) is 0. The third-order valence-electron chi connectivity index (χ3n) is 6.43. The van der Waals surface area contributed by atoms with Gasteiger partial charge in [-0.1, -0.05) is 88.4 Å². The fourth-order valence-corrected chi connectivity index (χ4v) is 9.75. The van der Waals surface area contributed by atoms with Crippen LogP contribution in [0.3, 0.4) is 0 Å². The molecule has 1 aliphatic carbocycles. The molecule has 1 fully saturated rings. The molecule has 0 N–H and O–H groups in total. The Hall–Kier alpha value is -1.79. The van der Waals surface area contributed by atoms with Gasteiger partial charge in [-0.2, -0.15) is 0 Å². The molecule has 31 heavy (non-hydrogen) atoms. The van der Waals surface area contributed by atoms with E-state index in [1.165, 1.54) is 0 Å². The van der Waals surface area contributed by atoms with E-state index in [-0.39, 0.29) is 10.9 Å². The second-order valence-corrected chi connectivity index (χ2v) is 14.2. The van der Waals surface area contributed by atoms with Crippen molar-refractivity contribution in [1.29, 1.82) is 0 Å². The summed E-state index contributed by atoms with van der Waals surface area (Å²) in [5.74, 6) is -0.982. The van der Waals surface area contributed by atoms with Crippen molar-refractivity contribution in [3.05, 3.63) is 72.1 Å². The number of ether oxygens (including phenoxy) is 2. The van der Waals surface area contributed by atoms with Gasteiger partial charge in [0.25, 0.3) is 8.32 Å². The van der Waals surface area contributed by atoms with Crippen molar-refractivity contribution in [3.63, 3.8) is 0 Å². The van der Waals surface area contributed by atoms with Gasteiger partial charge < -0.3 is 13.9 Å². The summed E-state index contributed by atoms with van der Waals surface area (Å²) in [6.07, 6.45) is -1.09. The highest BCUT2D eigenvalue weighted by Crippen LogP contribution is 2.47. The first-order chi connectivity index (χ1) is 14.6. The van der Waals surface area contributed by atoms with Gasteiger partial charge >= 0.3 is 0 Å². The standard InChI is InChI=1S/C26H33FO3Si/c1-7-20-21(27)23(24-22(20)28-26(5,6)29-24)30-31(25(2,3)4,18-14-10-8-11-15-18)19-16-12-9-13-17-19/h8-17,22-24H,7H2,1-6H3/t22-,23-,24-/m0/s1. The van der Waals surface area contributed by atoms with Crippen LogP contribution in [0, 0.1) is 0 Å². The van der Waals surface area contributed by atoms with E-state index in [4.69, 9.17) is 13.9 Å². The van der Waals surface area contributed by atoms with E-state index in [9.17, 15) is 0 Å². The Balaban J connectivity index is 1.89. The van der Waals surface area contributed by atoms with Crippen LogP contribution in [0.15, 0.2) is 72.1 Å². The fourth-order valence-electron chi connectivity index (χ4n) is 5.11. The summed E-state index contributed by atoms with van der Waals surface area (Å²) in [6.45, 7) is 12.3. The minimum atomic E-state index is -2.91. The van der Waals surface area contributed by atoms with E-state index >= 15 is 4.39 Å². The lowest BCUT2D eigenvalue weighted by molar-refractivity contribution is -0.154. The smallest absolute Gasteiger partial charge is 0.262 e. The molecule has 0 bridgehead atoms. The minimum absolute atomic E-state index is 0.221. The summed E-state index contributed by atoms with van der Waals surface area (Å²) in [5, 5.41) is 2.01. The summed E-state index contributed by atoms with van der Waals surface area (Å²) < 4.78 is 35.2. The van der Waals surface area contributed by atoms with E-state index in [0.29, 0.717) is 12.0 Å². The van der Waals surface area contributed by atoms with E-state index in [2.05, 4.69) is 45.0 Å². The molecule has 0 aromatic heterocycles. The Morgan fingerprint density at radius 3 is 1.90 bits per heavy atom. The molecule has 0 radical (unpaired) electrons. The molecule has 2 aliphatic rings. The predicted octanol–water partition coefficient (Wildman–Crippen LogP) is 5.10. The first-order valence-corrected chi connectivity index (χ1v) is 13.0. The zero-order valence-corrected chi connectivity index (χ0v) is 20.3. The van der Waals surface area contributed by atoms with Crippen molar-refractivity contribution < 1.29 is 18.3 Å². The van der Waals surface area contributed by atoms with Crippen LogP contribution in [0.1, 0.15) is 48.0 Å². The van der Waals surface area contributed by atoms with Gasteiger partial charge in [0.1, 0.15) is 24.1 Å². The zero-order chi connectivity index (χ0) is 22.4. The highest BCUT2D eigenvalue weighted by atomic mass is 28.4. The van der Waals surface area contributed by atoms with Crippen LogP contribution >= 0.6 is 0 Å². The van der Waals surface area contributed by atoms with Crippen molar-refractivity contribution in [2.45, 2.75) is 77.1 Å². The molecule has 4 rings (SSSR count). The van der Waals surface area contributed by atoms with Crippen LogP contribution in [0.4, 0.5) is 4.39 Å². The van der Waals surface area contributed by atoms with Crippen molar-refractivity contribution in [1.82, 2.24) is 0 Å². The first kappa shape index (κ1) is 22.4. The minimum Gasteiger partial charge on any atom is -0.395 e. The van der Waals surface area contributed by atoms with Crippen molar-refractivity contribution in [2.24, 2.45) is 0 Å². The molecular weight excluding hydrogens is 407 g/mol. The molecule has 1 saturated heterocycles. The van der Waals surface area contributed by atoms with Crippen LogP contribution in [-0.2, 0) is 13.9 Å². The topological polar surface area (TPSA) is 27.7 Å². The van der Waals surface area contributed by atoms with Crippen molar-refractivity contribution in [2.75, 3.05) is 0 Å². The molecule has 2 aromatic carbocycles. The van der Waals surface area contributed by atoms with Crippen LogP contribution in [0.2, 0.25) is 5.04 Å².